The zero-order valence-electron chi connectivity index (χ0n) is 17.2. The van der Waals surface area contributed by atoms with Gasteiger partial charge in [0.1, 0.15) is 23.0 Å². The van der Waals surface area contributed by atoms with Crippen molar-refractivity contribution < 1.29 is 33.3 Å². The van der Waals surface area contributed by atoms with Crippen molar-refractivity contribution in [3.05, 3.63) is 108 Å². The molecule has 5 rings (SSSR count). The minimum Gasteiger partial charge on any atom is -0.456 e. The third kappa shape index (κ3) is 3.10. The molecule has 0 radical (unpaired) electrons. The topological polar surface area (TPSA) is 88.1 Å². The summed E-state index contributed by atoms with van der Waals surface area (Å²) in [7, 11) is 0. The van der Waals surface area contributed by atoms with Crippen LogP contribution < -0.4 is 14.2 Å². The van der Waals surface area contributed by atoms with Crippen molar-refractivity contribution in [2.75, 3.05) is 0 Å². The first-order valence-electron chi connectivity index (χ1n) is 9.94. The number of carbonyl (C=O) groups is 3. The van der Waals surface area contributed by atoms with Crippen molar-refractivity contribution in [1.82, 2.24) is 0 Å². The number of hydrogen-bond donors (Lipinski definition) is 0. The lowest BCUT2D eigenvalue weighted by molar-refractivity contribution is -0.129. The SMILES string of the molecule is C=CC(=O)Oc1ccc2c(c1)Oc1cc(OC(=O)C=C)ccc1C21OC(=O)c2ccccc21. The Morgan fingerprint density at radius 1 is 0.788 bits per heavy atom. The van der Waals surface area contributed by atoms with Gasteiger partial charge in [-0.3, -0.25) is 0 Å². The number of ether oxygens (including phenoxy) is 4. The number of esters is 3. The van der Waals surface area contributed by atoms with Gasteiger partial charge in [0.2, 0.25) is 0 Å². The van der Waals surface area contributed by atoms with Gasteiger partial charge in [-0.25, -0.2) is 14.4 Å². The van der Waals surface area contributed by atoms with Gasteiger partial charge in [0, 0.05) is 41.0 Å². The molecule has 0 aromatic heterocycles. The van der Waals surface area contributed by atoms with Gasteiger partial charge in [0.25, 0.3) is 0 Å². The van der Waals surface area contributed by atoms with E-state index in [1.165, 1.54) is 12.1 Å². The summed E-state index contributed by atoms with van der Waals surface area (Å²) in [6.07, 6.45) is 2.10. The number of carbonyl (C=O) groups excluding carboxylic acids is 3. The predicted octanol–water partition coefficient (Wildman–Crippen LogP) is 4.44. The maximum atomic E-state index is 12.8. The van der Waals surface area contributed by atoms with Crippen LogP contribution in [0.25, 0.3) is 0 Å². The summed E-state index contributed by atoms with van der Waals surface area (Å²) in [5.74, 6) is -0.654. The number of hydrogen-bond acceptors (Lipinski definition) is 7. The molecule has 0 atom stereocenters. The van der Waals surface area contributed by atoms with E-state index in [-0.39, 0.29) is 11.5 Å². The molecule has 162 valence electrons. The van der Waals surface area contributed by atoms with Crippen molar-refractivity contribution >= 4 is 17.9 Å². The first kappa shape index (κ1) is 20.3. The van der Waals surface area contributed by atoms with Gasteiger partial charge < -0.3 is 18.9 Å². The smallest absolute Gasteiger partial charge is 0.340 e. The van der Waals surface area contributed by atoms with Gasteiger partial charge in [0.15, 0.2) is 5.60 Å². The molecule has 0 saturated heterocycles. The molecule has 0 unspecified atom stereocenters. The summed E-state index contributed by atoms with van der Waals surface area (Å²) in [5.41, 5.74) is 0.900. The standard InChI is InChI=1S/C26H16O7/c1-3-23(27)30-15-9-11-19-21(13-15)32-22-14-16(31-24(28)4-2)10-12-20(22)26(19)18-8-6-5-7-17(18)25(29)33-26/h3-14H,1-2H2. The molecule has 0 fully saturated rings. The van der Waals surface area contributed by atoms with Gasteiger partial charge in [-0.05, 0) is 30.3 Å². The first-order chi connectivity index (χ1) is 16.0. The van der Waals surface area contributed by atoms with Crippen molar-refractivity contribution in [2.24, 2.45) is 0 Å². The fraction of sp³-hybridized carbons (Fsp3) is 0.0385. The van der Waals surface area contributed by atoms with Gasteiger partial charge in [0.05, 0.1) is 5.56 Å². The highest BCUT2D eigenvalue weighted by Crippen LogP contribution is 2.57. The van der Waals surface area contributed by atoms with Crippen LogP contribution in [0.1, 0.15) is 27.0 Å². The third-order valence-electron chi connectivity index (χ3n) is 5.43. The molecule has 1 spiro atoms. The van der Waals surface area contributed by atoms with Crippen LogP contribution >= 0.6 is 0 Å². The summed E-state index contributed by atoms with van der Waals surface area (Å²) in [6, 6.07) is 16.7. The van der Waals surface area contributed by atoms with E-state index in [1.54, 1.807) is 36.4 Å². The van der Waals surface area contributed by atoms with Gasteiger partial charge in [-0.15, -0.1) is 0 Å². The van der Waals surface area contributed by atoms with Crippen LogP contribution in [0, 0.1) is 0 Å². The highest BCUT2D eigenvalue weighted by Gasteiger charge is 2.53. The molecule has 7 heteroatoms. The maximum absolute atomic E-state index is 12.8. The average Bonchev–Trinajstić information content (AvgIpc) is 3.11. The van der Waals surface area contributed by atoms with Crippen molar-refractivity contribution in [3.8, 4) is 23.0 Å². The van der Waals surface area contributed by atoms with E-state index in [1.807, 2.05) is 12.1 Å². The molecule has 7 nitrogen and oxygen atoms in total. The van der Waals surface area contributed by atoms with Gasteiger partial charge in [-0.1, -0.05) is 31.4 Å². The normalized spacial score (nSPS) is 14.1. The lowest BCUT2D eigenvalue weighted by Crippen LogP contribution is -2.33. The molecular formula is C26H16O7. The van der Waals surface area contributed by atoms with E-state index >= 15 is 0 Å². The number of fused-ring (bicyclic) bond motifs is 6. The summed E-state index contributed by atoms with van der Waals surface area (Å²) in [5, 5.41) is 0. The predicted molar refractivity (Wildman–Crippen MR) is 116 cm³/mol. The van der Waals surface area contributed by atoms with Crippen LogP contribution in [0.15, 0.2) is 86.0 Å². The Labute approximate surface area is 188 Å². The van der Waals surface area contributed by atoms with Crippen LogP contribution in [0.5, 0.6) is 23.0 Å². The van der Waals surface area contributed by atoms with Crippen LogP contribution in [0.4, 0.5) is 0 Å². The number of benzene rings is 3. The molecule has 2 aliphatic heterocycles. The fourth-order valence-corrected chi connectivity index (χ4v) is 4.08. The van der Waals surface area contributed by atoms with Crippen molar-refractivity contribution in [3.63, 3.8) is 0 Å². The Bertz CT molecular complexity index is 1300. The molecule has 0 bridgehead atoms. The summed E-state index contributed by atoms with van der Waals surface area (Å²) >= 11 is 0. The number of rotatable bonds is 4. The lowest BCUT2D eigenvalue weighted by Gasteiger charge is -2.36. The molecule has 2 aliphatic rings. The highest BCUT2D eigenvalue weighted by molar-refractivity contribution is 5.97. The molecule has 33 heavy (non-hydrogen) atoms. The molecule has 0 N–H and O–H groups in total. The van der Waals surface area contributed by atoms with E-state index in [9.17, 15) is 14.4 Å². The van der Waals surface area contributed by atoms with Crippen LogP contribution in [0.2, 0.25) is 0 Å². The Balaban J connectivity index is 1.72. The van der Waals surface area contributed by atoms with Crippen molar-refractivity contribution in [2.45, 2.75) is 5.60 Å². The largest absolute Gasteiger partial charge is 0.456 e. The van der Waals surface area contributed by atoms with E-state index in [0.717, 1.165) is 12.2 Å². The Hall–Kier alpha value is -4.65. The minimum absolute atomic E-state index is 0.226. The molecular weight excluding hydrogens is 424 g/mol. The average molecular weight is 440 g/mol. The second kappa shape index (κ2) is 7.49. The molecule has 3 aromatic carbocycles. The highest BCUT2D eigenvalue weighted by atomic mass is 16.6. The Morgan fingerprint density at radius 3 is 1.88 bits per heavy atom. The van der Waals surface area contributed by atoms with Gasteiger partial charge in [-0.2, -0.15) is 0 Å². The molecule has 0 amide bonds. The van der Waals surface area contributed by atoms with Crippen molar-refractivity contribution in [1.29, 1.82) is 0 Å². The third-order valence-corrected chi connectivity index (χ3v) is 5.43. The zero-order valence-corrected chi connectivity index (χ0v) is 17.2. The second-order valence-electron chi connectivity index (χ2n) is 7.28. The van der Waals surface area contributed by atoms with E-state index in [2.05, 4.69) is 13.2 Å². The maximum Gasteiger partial charge on any atom is 0.340 e. The Kier molecular flexibility index (Phi) is 4.60. The van der Waals surface area contributed by atoms with E-state index < -0.39 is 23.5 Å². The first-order valence-corrected chi connectivity index (χ1v) is 9.94. The summed E-state index contributed by atoms with van der Waals surface area (Å²) < 4.78 is 22.6. The van der Waals surface area contributed by atoms with E-state index in [0.29, 0.717) is 33.8 Å². The Morgan fingerprint density at radius 2 is 1.33 bits per heavy atom. The minimum atomic E-state index is -1.29. The van der Waals surface area contributed by atoms with Crippen LogP contribution in [0.3, 0.4) is 0 Å². The fourth-order valence-electron chi connectivity index (χ4n) is 4.08. The van der Waals surface area contributed by atoms with E-state index in [4.69, 9.17) is 18.9 Å². The summed E-state index contributed by atoms with van der Waals surface area (Å²) in [6.45, 7) is 6.79. The van der Waals surface area contributed by atoms with Gasteiger partial charge >= 0.3 is 17.9 Å². The molecule has 3 aromatic rings. The zero-order chi connectivity index (χ0) is 23.2. The monoisotopic (exact) mass is 440 g/mol. The lowest BCUT2D eigenvalue weighted by atomic mass is 9.77. The van der Waals surface area contributed by atoms with Crippen LogP contribution in [-0.2, 0) is 19.9 Å². The van der Waals surface area contributed by atoms with Crippen LogP contribution in [-0.4, -0.2) is 17.9 Å². The summed E-state index contributed by atoms with van der Waals surface area (Å²) in [4.78, 5) is 36.2. The quantitative estimate of drug-likeness (QED) is 0.337. The second-order valence-corrected chi connectivity index (χ2v) is 7.28. The molecule has 0 aliphatic carbocycles. The molecule has 0 saturated carbocycles. The molecule has 2 heterocycles.